The van der Waals surface area contributed by atoms with Gasteiger partial charge in [0.2, 0.25) is 5.78 Å². The minimum absolute atomic E-state index is 0.0332. The highest BCUT2D eigenvalue weighted by atomic mass is 32.1. The van der Waals surface area contributed by atoms with E-state index < -0.39 is 0 Å². The Morgan fingerprint density at radius 1 is 1.16 bits per heavy atom. The molecule has 0 saturated heterocycles. The maximum Gasteiger partial charge on any atom is 0.221 e. The van der Waals surface area contributed by atoms with Crippen molar-refractivity contribution in [3.8, 4) is 5.75 Å². The van der Waals surface area contributed by atoms with E-state index in [1.165, 1.54) is 16.9 Å². The van der Waals surface area contributed by atoms with E-state index in [4.69, 9.17) is 4.74 Å². The molecule has 2 heterocycles. The Balaban J connectivity index is 1.67. The van der Waals surface area contributed by atoms with Crippen molar-refractivity contribution in [3.63, 3.8) is 0 Å². The number of aromatic nitrogens is 2. The lowest BCUT2D eigenvalue weighted by atomic mass is 10.1. The summed E-state index contributed by atoms with van der Waals surface area (Å²) < 4.78 is 7.35. The molecule has 0 atom stereocenters. The second kappa shape index (κ2) is 6.53. The highest BCUT2D eigenvalue weighted by Crippen LogP contribution is 2.22. The number of fused-ring (bicyclic) bond motifs is 1. The van der Waals surface area contributed by atoms with Crippen molar-refractivity contribution in [2.75, 3.05) is 7.11 Å². The number of hydrogen-bond acceptors (Lipinski definition) is 4. The molecule has 0 saturated carbocycles. The van der Waals surface area contributed by atoms with Crippen LogP contribution in [0.5, 0.6) is 5.75 Å². The summed E-state index contributed by atoms with van der Waals surface area (Å²) in [6, 6.07) is 15.9. The first kappa shape index (κ1) is 15.6. The summed E-state index contributed by atoms with van der Waals surface area (Å²) in [5.74, 6) is 0.812. The molecule has 25 heavy (non-hydrogen) atoms. The average Bonchev–Trinajstić information content (AvgIpc) is 3.32. The number of hydrogen-bond donors (Lipinski definition) is 0. The zero-order valence-corrected chi connectivity index (χ0v) is 14.5. The van der Waals surface area contributed by atoms with E-state index in [1.54, 1.807) is 13.3 Å². The van der Waals surface area contributed by atoms with E-state index in [9.17, 15) is 4.79 Å². The molecule has 0 N–H and O–H groups in total. The lowest BCUT2D eigenvalue weighted by Gasteiger charge is -2.08. The maximum atomic E-state index is 12.5. The van der Waals surface area contributed by atoms with E-state index >= 15 is 0 Å². The lowest BCUT2D eigenvalue weighted by Crippen LogP contribution is -2.02. The number of benzene rings is 2. The standard InChI is InChI=1S/C20H16N2O2S/c1-24-17-6-2-14(3-7-17)13-22-10-8-15-4-5-16(12-18(15)22)19(23)20-21-9-11-25-20/h2-12H,13H2,1H3. The predicted octanol–water partition coefficient (Wildman–Crippen LogP) is 4.39. The molecule has 0 bridgehead atoms. The van der Waals surface area contributed by atoms with Crippen LogP contribution in [-0.4, -0.2) is 22.4 Å². The van der Waals surface area contributed by atoms with Crippen LogP contribution in [0.4, 0.5) is 0 Å². The van der Waals surface area contributed by atoms with Crippen molar-refractivity contribution < 1.29 is 9.53 Å². The van der Waals surface area contributed by atoms with Crippen LogP contribution in [-0.2, 0) is 6.54 Å². The monoisotopic (exact) mass is 348 g/mol. The highest BCUT2D eigenvalue weighted by Gasteiger charge is 2.13. The zero-order chi connectivity index (χ0) is 17.2. The van der Waals surface area contributed by atoms with Gasteiger partial charge in [-0.1, -0.05) is 24.3 Å². The average molecular weight is 348 g/mol. The lowest BCUT2D eigenvalue weighted by molar-refractivity contribution is 0.103. The van der Waals surface area contributed by atoms with Gasteiger partial charge in [0.1, 0.15) is 5.75 Å². The highest BCUT2D eigenvalue weighted by molar-refractivity contribution is 7.11. The predicted molar refractivity (Wildman–Crippen MR) is 99.6 cm³/mol. The van der Waals surface area contributed by atoms with Gasteiger partial charge in [-0.3, -0.25) is 4.79 Å². The van der Waals surface area contributed by atoms with Gasteiger partial charge < -0.3 is 9.30 Å². The summed E-state index contributed by atoms with van der Waals surface area (Å²) in [5, 5.41) is 3.45. The van der Waals surface area contributed by atoms with Crippen molar-refractivity contribution in [2.24, 2.45) is 0 Å². The summed E-state index contributed by atoms with van der Waals surface area (Å²) in [7, 11) is 1.66. The van der Waals surface area contributed by atoms with Gasteiger partial charge in [-0.05, 0) is 35.2 Å². The first-order chi connectivity index (χ1) is 12.2. The fraction of sp³-hybridized carbons (Fsp3) is 0.100. The van der Waals surface area contributed by atoms with Crippen LogP contribution in [0.25, 0.3) is 10.9 Å². The fourth-order valence-corrected chi connectivity index (χ4v) is 3.45. The Bertz CT molecular complexity index is 1020. The molecule has 2 aromatic carbocycles. The largest absolute Gasteiger partial charge is 0.497 e. The van der Waals surface area contributed by atoms with Crippen molar-refractivity contribution in [1.29, 1.82) is 0 Å². The van der Waals surface area contributed by atoms with Gasteiger partial charge in [0.25, 0.3) is 0 Å². The van der Waals surface area contributed by atoms with Crippen LogP contribution in [0.3, 0.4) is 0 Å². The van der Waals surface area contributed by atoms with Crippen molar-refractivity contribution >= 4 is 28.0 Å². The Hall–Kier alpha value is -2.92. The molecule has 0 amide bonds. The maximum absolute atomic E-state index is 12.5. The molecule has 4 rings (SSSR count). The van der Waals surface area contributed by atoms with E-state index in [2.05, 4.69) is 27.8 Å². The SMILES string of the molecule is COc1ccc(Cn2ccc3ccc(C(=O)c4nccs4)cc32)cc1. The minimum Gasteiger partial charge on any atom is -0.497 e. The van der Waals surface area contributed by atoms with Crippen LogP contribution >= 0.6 is 11.3 Å². The number of carbonyl (C=O) groups is 1. The number of thiazole rings is 1. The molecule has 0 aliphatic heterocycles. The number of ketones is 1. The van der Waals surface area contributed by atoms with Gasteiger partial charge in [0, 0.05) is 35.4 Å². The van der Waals surface area contributed by atoms with E-state index in [0.29, 0.717) is 10.6 Å². The van der Waals surface area contributed by atoms with Crippen LogP contribution in [0.2, 0.25) is 0 Å². The molecule has 2 aromatic heterocycles. The third-order valence-electron chi connectivity index (χ3n) is 4.17. The Labute approximate surface area is 149 Å². The number of nitrogens with zero attached hydrogens (tertiary/aromatic N) is 2. The van der Waals surface area contributed by atoms with Gasteiger partial charge in [-0.2, -0.15) is 0 Å². The van der Waals surface area contributed by atoms with Crippen LogP contribution in [0, 0.1) is 0 Å². The topological polar surface area (TPSA) is 44.1 Å². The number of methoxy groups -OCH3 is 1. The molecule has 0 spiro atoms. The van der Waals surface area contributed by atoms with Crippen LogP contribution in [0.1, 0.15) is 20.9 Å². The summed E-state index contributed by atoms with van der Waals surface area (Å²) in [6.07, 6.45) is 3.70. The first-order valence-corrected chi connectivity index (χ1v) is 8.78. The molecule has 124 valence electrons. The van der Waals surface area contributed by atoms with Crippen molar-refractivity contribution in [2.45, 2.75) is 6.54 Å². The number of rotatable bonds is 5. The summed E-state index contributed by atoms with van der Waals surface area (Å²) in [4.78, 5) is 16.7. The second-order valence-corrected chi connectivity index (χ2v) is 6.63. The quantitative estimate of drug-likeness (QED) is 0.503. The van der Waals surface area contributed by atoms with Gasteiger partial charge in [0.05, 0.1) is 7.11 Å². The van der Waals surface area contributed by atoms with Crippen molar-refractivity contribution in [3.05, 3.63) is 82.4 Å². The summed E-state index contributed by atoms with van der Waals surface area (Å²) in [5.41, 5.74) is 2.88. The molecule has 0 aliphatic rings. The number of ether oxygens (including phenoxy) is 1. The molecular formula is C20H16N2O2S. The van der Waals surface area contributed by atoms with Gasteiger partial charge in [-0.15, -0.1) is 11.3 Å². The molecule has 0 fully saturated rings. The summed E-state index contributed by atoms with van der Waals surface area (Å²) in [6.45, 7) is 0.738. The van der Waals surface area contributed by atoms with Gasteiger partial charge in [-0.25, -0.2) is 4.98 Å². The first-order valence-electron chi connectivity index (χ1n) is 7.90. The molecule has 0 radical (unpaired) electrons. The van der Waals surface area contributed by atoms with Gasteiger partial charge >= 0.3 is 0 Å². The smallest absolute Gasteiger partial charge is 0.221 e. The zero-order valence-electron chi connectivity index (χ0n) is 13.7. The third-order valence-corrected chi connectivity index (χ3v) is 4.95. The number of carbonyl (C=O) groups excluding carboxylic acids is 1. The Morgan fingerprint density at radius 3 is 2.72 bits per heavy atom. The van der Waals surface area contributed by atoms with E-state index in [-0.39, 0.29) is 5.78 Å². The van der Waals surface area contributed by atoms with E-state index in [1.807, 2.05) is 41.9 Å². The van der Waals surface area contributed by atoms with Crippen LogP contribution < -0.4 is 4.74 Å². The molecule has 5 heteroatoms. The fourth-order valence-electron chi connectivity index (χ4n) is 2.85. The Kier molecular flexibility index (Phi) is 4.07. The normalized spacial score (nSPS) is 10.9. The molecule has 4 nitrogen and oxygen atoms in total. The van der Waals surface area contributed by atoms with Gasteiger partial charge in [0.15, 0.2) is 5.01 Å². The third kappa shape index (κ3) is 3.06. The molecular weight excluding hydrogens is 332 g/mol. The van der Waals surface area contributed by atoms with Crippen molar-refractivity contribution in [1.82, 2.24) is 9.55 Å². The molecule has 4 aromatic rings. The Morgan fingerprint density at radius 2 is 2.00 bits per heavy atom. The van der Waals surface area contributed by atoms with Crippen LogP contribution in [0.15, 0.2) is 66.3 Å². The van der Waals surface area contributed by atoms with E-state index in [0.717, 1.165) is 23.2 Å². The molecule has 0 aliphatic carbocycles. The minimum atomic E-state index is -0.0332. The second-order valence-electron chi connectivity index (χ2n) is 5.73. The molecule has 0 unspecified atom stereocenters. The summed E-state index contributed by atoms with van der Waals surface area (Å²) >= 11 is 1.36.